The summed E-state index contributed by atoms with van der Waals surface area (Å²) in [5.74, 6) is 0.329. The molecule has 7 nitrogen and oxygen atoms in total. The molecule has 1 aromatic carbocycles. The molecule has 3 fully saturated rings. The number of piperidine rings is 1. The van der Waals surface area contributed by atoms with Crippen LogP contribution in [0.1, 0.15) is 49.7 Å². The number of hydrogen-bond acceptors (Lipinski definition) is 3. The average Bonchev–Trinajstić information content (AvgIpc) is 2.67. The fraction of sp³-hybridized carbons (Fsp3) is 0.609. The number of aryl methyl sites for hydroxylation is 1. The molecule has 1 heterocycles. The van der Waals surface area contributed by atoms with Gasteiger partial charge >= 0.3 is 6.03 Å². The highest BCUT2D eigenvalue weighted by atomic mass is 16.2. The topological polar surface area (TPSA) is 99.3 Å². The number of benzene rings is 1. The van der Waals surface area contributed by atoms with Crippen molar-refractivity contribution in [2.45, 2.75) is 58.0 Å². The van der Waals surface area contributed by atoms with Gasteiger partial charge in [0, 0.05) is 38.0 Å². The molecule has 7 heteroatoms. The molecule has 1 unspecified atom stereocenters. The van der Waals surface area contributed by atoms with Crippen LogP contribution < -0.4 is 21.3 Å². The van der Waals surface area contributed by atoms with Crippen LogP contribution in [0, 0.1) is 24.2 Å². The number of rotatable bonds is 6. The Morgan fingerprint density at radius 2 is 1.83 bits per heavy atom. The zero-order chi connectivity index (χ0) is 21.1. The van der Waals surface area contributed by atoms with Crippen molar-refractivity contribution in [3.8, 4) is 0 Å². The maximum atomic E-state index is 12.2. The van der Waals surface area contributed by atoms with E-state index in [0.717, 1.165) is 37.7 Å². The summed E-state index contributed by atoms with van der Waals surface area (Å²) in [6, 6.07) is 8.31. The van der Waals surface area contributed by atoms with Crippen LogP contribution in [0.15, 0.2) is 24.3 Å². The molecule has 2 aliphatic carbocycles. The van der Waals surface area contributed by atoms with Crippen molar-refractivity contribution in [3.63, 3.8) is 0 Å². The second-order valence-electron chi connectivity index (χ2n) is 9.48. The minimum absolute atomic E-state index is 0.0178. The number of carbonyl (C=O) groups excluding carboxylic acids is 3. The average molecular weight is 413 g/mol. The number of nitrogens with one attached hydrogen (secondary N) is 4. The van der Waals surface area contributed by atoms with Gasteiger partial charge in [-0.3, -0.25) is 9.59 Å². The quantitative estimate of drug-likeness (QED) is 0.575. The largest absolute Gasteiger partial charge is 0.356 e. The van der Waals surface area contributed by atoms with Gasteiger partial charge in [0.25, 0.3) is 0 Å². The summed E-state index contributed by atoms with van der Waals surface area (Å²) in [6.07, 6.45) is 5.31. The minimum Gasteiger partial charge on any atom is -0.356 e. The van der Waals surface area contributed by atoms with E-state index in [4.69, 9.17) is 0 Å². The molecule has 1 atom stereocenters. The van der Waals surface area contributed by atoms with Gasteiger partial charge in [-0.05, 0) is 55.9 Å². The summed E-state index contributed by atoms with van der Waals surface area (Å²) in [6.45, 7) is 3.88. The molecule has 2 saturated carbocycles. The van der Waals surface area contributed by atoms with Crippen molar-refractivity contribution >= 4 is 17.8 Å². The van der Waals surface area contributed by atoms with Gasteiger partial charge in [-0.25, -0.2) is 4.79 Å². The van der Waals surface area contributed by atoms with Crippen LogP contribution in [0.4, 0.5) is 4.79 Å². The minimum atomic E-state index is -0.177. The lowest BCUT2D eigenvalue weighted by Gasteiger charge is -2.58. The van der Waals surface area contributed by atoms with Crippen LogP contribution in [-0.2, 0) is 16.1 Å². The second-order valence-corrected chi connectivity index (χ2v) is 9.48. The molecule has 3 aliphatic rings. The Kier molecular flexibility index (Phi) is 5.97. The molecule has 1 saturated heterocycles. The first-order chi connectivity index (χ1) is 14.4. The van der Waals surface area contributed by atoms with E-state index >= 15 is 0 Å². The Labute approximate surface area is 177 Å². The standard InChI is InChI=1S/C23H32N4O3/c1-15-2-4-16(5-3-15)13-26-22(30)27-19-11-23(12-19)9-17(10-23)14-25-21(29)18-6-7-24-20(28)8-18/h2-5,17-19H,6-14H2,1H3,(H,24,28)(H,25,29)(H2,26,27,30). The molecule has 1 aromatic rings. The van der Waals surface area contributed by atoms with Gasteiger partial charge in [0.05, 0.1) is 0 Å². The fourth-order valence-electron chi connectivity index (χ4n) is 5.25. The number of urea groups is 1. The molecule has 0 radical (unpaired) electrons. The summed E-state index contributed by atoms with van der Waals surface area (Å²) in [4.78, 5) is 35.8. The summed E-state index contributed by atoms with van der Waals surface area (Å²) < 4.78 is 0. The lowest BCUT2D eigenvalue weighted by molar-refractivity contribution is -0.133. The predicted molar refractivity (Wildman–Crippen MR) is 113 cm³/mol. The van der Waals surface area contributed by atoms with Crippen molar-refractivity contribution in [3.05, 3.63) is 35.4 Å². The smallest absolute Gasteiger partial charge is 0.315 e. The van der Waals surface area contributed by atoms with Gasteiger partial charge in [0.15, 0.2) is 0 Å². The van der Waals surface area contributed by atoms with E-state index in [9.17, 15) is 14.4 Å². The molecule has 162 valence electrons. The van der Waals surface area contributed by atoms with Crippen LogP contribution in [0.3, 0.4) is 0 Å². The Morgan fingerprint density at radius 3 is 2.53 bits per heavy atom. The Bertz CT molecular complexity index is 793. The van der Waals surface area contributed by atoms with E-state index in [0.29, 0.717) is 37.4 Å². The number of hydrogen-bond donors (Lipinski definition) is 4. The molecule has 4 rings (SSSR count). The van der Waals surface area contributed by atoms with E-state index in [2.05, 4.69) is 21.3 Å². The SMILES string of the molecule is Cc1ccc(CNC(=O)NC2CC3(CC(CNC(=O)C4CCNC(=O)C4)C3)C2)cc1. The van der Waals surface area contributed by atoms with Crippen molar-refractivity contribution in [2.24, 2.45) is 17.3 Å². The molecule has 1 spiro atoms. The van der Waals surface area contributed by atoms with E-state index in [-0.39, 0.29) is 29.8 Å². The molecular weight excluding hydrogens is 380 g/mol. The zero-order valence-corrected chi connectivity index (χ0v) is 17.6. The first kappa shape index (κ1) is 20.7. The molecule has 0 bridgehead atoms. The van der Waals surface area contributed by atoms with Gasteiger partial charge < -0.3 is 21.3 Å². The van der Waals surface area contributed by atoms with Gasteiger partial charge in [-0.15, -0.1) is 0 Å². The maximum absolute atomic E-state index is 12.2. The van der Waals surface area contributed by atoms with Crippen LogP contribution >= 0.6 is 0 Å². The van der Waals surface area contributed by atoms with Crippen LogP contribution in [0.25, 0.3) is 0 Å². The van der Waals surface area contributed by atoms with Crippen LogP contribution in [0.2, 0.25) is 0 Å². The summed E-state index contributed by atoms with van der Waals surface area (Å²) in [5.41, 5.74) is 2.66. The molecule has 30 heavy (non-hydrogen) atoms. The lowest BCUT2D eigenvalue weighted by Crippen LogP contribution is -2.58. The molecule has 0 aromatic heterocycles. The van der Waals surface area contributed by atoms with Crippen LogP contribution in [0.5, 0.6) is 0 Å². The summed E-state index contributed by atoms with van der Waals surface area (Å²) in [5, 5.41) is 11.8. The van der Waals surface area contributed by atoms with Gasteiger partial charge in [0.2, 0.25) is 11.8 Å². The van der Waals surface area contributed by atoms with Gasteiger partial charge in [-0.1, -0.05) is 29.8 Å². The monoisotopic (exact) mass is 412 g/mol. The second kappa shape index (κ2) is 8.66. The van der Waals surface area contributed by atoms with Crippen LogP contribution in [-0.4, -0.2) is 37.0 Å². The number of amides is 4. The lowest BCUT2D eigenvalue weighted by atomic mass is 9.50. The molecule has 4 N–H and O–H groups in total. The van der Waals surface area contributed by atoms with Crippen molar-refractivity contribution in [2.75, 3.05) is 13.1 Å². The Morgan fingerprint density at radius 1 is 1.10 bits per heavy atom. The zero-order valence-electron chi connectivity index (χ0n) is 17.6. The highest BCUT2D eigenvalue weighted by Crippen LogP contribution is 2.58. The predicted octanol–water partition coefficient (Wildman–Crippen LogP) is 2.00. The highest BCUT2D eigenvalue weighted by Gasteiger charge is 2.53. The third-order valence-electron chi connectivity index (χ3n) is 6.89. The van der Waals surface area contributed by atoms with Crippen molar-refractivity contribution in [1.29, 1.82) is 0 Å². The van der Waals surface area contributed by atoms with Gasteiger partial charge in [-0.2, -0.15) is 0 Å². The summed E-state index contributed by atoms with van der Waals surface area (Å²) in [7, 11) is 0. The number of carbonyl (C=O) groups is 3. The third-order valence-corrected chi connectivity index (χ3v) is 6.89. The Balaban J connectivity index is 1.09. The van der Waals surface area contributed by atoms with E-state index in [1.54, 1.807) is 0 Å². The van der Waals surface area contributed by atoms with Gasteiger partial charge in [0.1, 0.15) is 0 Å². The first-order valence-corrected chi connectivity index (χ1v) is 11.1. The van der Waals surface area contributed by atoms with E-state index in [1.165, 1.54) is 5.56 Å². The first-order valence-electron chi connectivity index (χ1n) is 11.1. The Hall–Kier alpha value is -2.57. The molecule has 4 amide bonds. The van der Waals surface area contributed by atoms with E-state index < -0.39 is 0 Å². The fourth-order valence-corrected chi connectivity index (χ4v) is 5.25. The molecule has 1 aliphatic heterocycles. The third kappa shape index (κ3) is 4.94. The normalized spacial score (nSPS) is 29.9. The molecular formula is C23H32N4O3. The maximum Gasteiger partial charge on any atom is 0.315 e. The highest BCUT2D eigenvalue weighted by molar-refractivity contribution is 5.86. The van der Waals surface area contributed by atoms with E-state index in [1.807, 2.05) is 31.2 Å². The summed E-state index contributed by atoms with van der Waals surface area (Å²) >= 11 is 0. The van der Waals surface area contributed by atoms with Crippen molar-refractivity contribution < 1.29 is 14.4 Å². The van der Waals surface area contributed by atoms with Crippen molar-refractivity contribution in [1.82, 2.24) is 21.3 Å².